The van der Waals surface area contributed by atoms with Crippen LogP contribution in [0.3, 0.4) is 0 Å². The van der Waals surface area contributed by atoms with Crippen molar-refractivity contribution in [3.8, 4) is 0 Å². The third-order valence-electron chi connectivity index (χ3n) is 3.87. The van der Waals surface area contributed by atoms with Crippen LogP contribution in [-0.2, 0) is 13.1 Å². The number of benzene rings is 1. The molecule has 2 heterocycles. The van der Waals surface area contributed by atoms with Crippen molar-refractivity contribution in [2.45, 2.75) is 25.9 Å². The van der Waals surface area contributed by atoms with Crippen molar-refractivity contribution in [1.29, 1.82) is 0 Å². The number of nitrogens with zero attached hydrogens (tertiary/aromatic N) is 4. The Balaban J connectivity index is 0.00000121. The fourth-order valence-electron chi connectivity index (χ4n) is 2.99. The van der Waals surface area contributed by atoms with Gasteiger partial charge in [-0.25, -0.2) is 4.98 Å². The van der Waals surface area contributed by atoms with Crippen molar-refractivity contribution >= 4 is 30.5 Å². The van der Waals surface area contributed by atoms with E-state index in [9.17, 15) is 0 Å². The number of hydrogen-bond donors (Lipinski definition) is 1. The van der Waals surface area contributed by atoms with Crippen LogP contribution in [0.1, 0.15) is 18.4 Å². The first-order valence-corrected chi connectivity index (χ1v) is 7.19. The largest absolute Gasteiger partial charge is 0.399 e. The summed E-state index contributed by atoms with van der Waals surface area (Å²) in [6.45, 7) is 4.24. The van der Waals surface area contributed by atoms with E-state index in [4.69, 9.17) is 5.73 Å². The molecule has 1 aromatic heterocycles. The van der Waals surface area contributed by atoms with Crippen LogP contribution in [0.15, 0.2) is 36.9 Å². The van der Waals surface area contributed by atoms with Gasteiger partial charge in [0.1, 0.15) is 12.7 Å². The lowest BCUT2D eigenvalue weighted by Crippen LogP contribution is -2.36. The van der Waals surface area contributed by atoms with E-state index in [1.807, 2.05) is 16.8 Å². The zero-order chi connectivity index (χ0) is 13.8. The van der Waals surface area contributed by atoms with Gasteiger partial charge in [0.2, 0.25) is 0 Å². The fraction of sp³-hybridized carbons (Fsp3) is 0.467. The summed E-state index contributed by atoms with van der Waals surface area (Å²) in [6, 6.07) is 8.19. The number of aromatic nitrogens is 3. The van der Waals surface area contributed by atoms with Crippen LogP contribution in [0.4, 0.5) is 5.69 Å². The van der Waals surface area contributed by atoms with E-state index in [1.165, 1.54) is 24.9 Å². The molecule has 2 N–H and O–H groups in total. The number of likely N-dealkylation sites (tertiary alicyclic amines) is 1. The molecule has 0 spiro atoms. The number of nitrogen functional groups attached to an aromatic ring is 1. The molecule has 1 fully saturated rings. The van der Waals surface area contributed by atoms with Gasteiger partial charge in [0, 0.05) is 25.3 Å². The summed E-state index contributed by atoms with van der Waals surface area (Å²) in [4.78, 5) is 6.52. The first-order chi connectivity index (χ1) is 9.79. The van der Waals surface area contributed by atoms with Crippen LogP contribution < -0.4 is 5.73 Å². The van der Waals surface area contributed by atoms with Gasteiger partial charge >= 0.3 is 0 Å². The molecule has 5 nitrogen and oxygen atoms in total. The molecule has 1 aliphatic rings. The predicted molar refractivity (Wildman–Crippen MR) is 93.4 cm³/mol. The average molecular weight is 344 g/mol. The van der Waals surface area contributed by atoms with Gasteiger partial charge < -0.3 is 5.73 Å². The lowest BCUT2D eigenvalue weighted by atomic mass is 9.97. The van der Waals surface area contributed by atoms with Crippen molar-refractivity contribution in [3.63, 3.8) is 0 Å². The Morgan fingerprint density at radius 2 is 2.14 bits per heavy atom. The molecule has 2 aromatic rings. The Kier molecular flexibility index (Phi) is 7.65. The Bertz CT molecular complexity index is 547. The van der Waals surface area contributed by atoms with Crippen molar-refractivity contribution in [2.75, 3.05) is 18.8 Å². The van der Waals surface area contributed by atoms with E-state index in [1.54, 1.807) is 12.7 Å². The Labute approximate surface area is 143 Å². The van der Waals surface area contributed by atoms with E-state index >= 15 is 0 Å². The second kappa shape index (κ2) is 8.98. The Morgan fingerprint density at radius 3 is 2.86 bits per heavy atom. The minimum Gasteiger partial charge on any atom is -0.399 e. The van der Waals surface area contributed by atoms with Crippen LogP contribution in [0.25, 0.3) is 0 Å². The van der Waals surface area contributed by atoms with Crippen LogP contribution >= 0.6 is 24.8 Å². The second-order valence-corrected chi connectivity index (χ2v) is 5.61. The van der Waals surface area contributed by atoms with Gasteiger partial charge in [-0.3, -0.25) is 9.58 Å². The highest BCUT2D eigenvalue weighted by atomic mass is 35.5. The molecule has 0 bridgehead atoms. The van der Waals surface area contributed by atoms with Crippen LogP contribution in [0, 0.1) is 5.92 Å². The number of hydrogen-bond acceptors (Lipinski definition) is 4. The van der Waals surface area contributed by atoms with Gasteiger partial charge in [0.05, 0.1) is 0 Å². The van der Waals surface area contributed by atoms with Crippen LogP contribution in [0.2, 0.25) is 0 Å². The smallest absolute Gasteiger partial charge is 0.137 e. The molecule has 0 amide bonds. The lowest BCUT2D eigenvalue weighted by Gasteiger charge is -2.32. The van der Waals surface area contributed by atoms with Gasteiger partial charge in [-0.05, 0) is 43.0 Å². The van der Waals surface area contributed by atoms with Gasteiger partial charge in [-0.1, -0.05) is 12.1 Å². The summed E-state index contributed by atoms with van der Waals surface area (Å²) < 4.78 is 1.94. The summed E-state index contributed by atoms with van der Waals surface area (Å²) in [5, 5.41) is 4.20. The summed E-state index contributed by atoms with van der Waals surface area (Å²) in [5.74, 6) is 0.659. The maximum Gasteiger partial charge on any atom is 0.137 e. The molecule has 0 radical (unpaired) electrons. The molecular formula is C15H23Cl2N5. The maximum absolute atomic E-state index is 5.84. The van der Waals surface area contributed by atoms with Gasteiger partial charge in [-0.15, -0.1) is 24.8 Å². The molecule has 122 valence electrons. The van der Waals surface area contributed by atoms with Crippen molar-refractivity contribution in [1.82, 2.24) is 19.7 Å². The maximum atomic E-state index is 5.84. The Hall–Kier alpha value is -1.30. The molecule has 3 rings (SSSR count). The SMILES string of the molecule is Cl.Cl.Nc1cccc(CN2CCCC(Cn3cncn3)C2)c1. The van der Waals surface area contributed by atoms with Crippen LogP contribution in [-0.4, -0.2) is 32.8 Å². The lowest BCUT2D eigenvalue weighted by molar-refractivity contribution is 0.153. The molecule has 0 aliphatic carbocycles. The minimum atomic E-state index is 0. The molecular weight excluding hydrogens is 321 g/mol. The third kappa shape index (κ3) is 5.16. The second-order valence-electron chi connectivity index (χ2n) is 5.61. The first kappa shape index (κ1) is 18.7. The number of piperidine rings is 1. The fourth-order valence-corrected chi connectivity index (χ4v) is 2.99. The standard InChI is InChI=1S/C15H21N5.2ClH/c16-15-5-1-3-13(7-15)8-19-6-2-4-14(9-19)10-20-12-17-11-18-20;;/h1,3,5,7,11-12,14H,2,4,6,8-10,16H2;2*1H. The molecule has 1 aliphatic heterocycles. The number of halogens is 2. The van der Waals surface area contributed by atoms with Crippen molar-refractivity contribution in [3.05, 3.63) is 42.5 Å². The predicted octanol–water partition coefficient (Wildman–Crippen LogP) is 2.62. The van der Waals surface area contributed by atoms with E-state index in [-0.39, 0.29) is 24.8 Å². The first-order valence-electron chi connectivity index (χ1n) is 7.19. The molecule has 1 saturated heterocycles. The van der Waals surface area contributed by atoms with E-state index < -0.39 is 0 Å². The zero-order valence-corrected chi connectivity index (χ0v) is 14.1. The van der Waals surface area contributed by atoms with Gasteiger partial charge in [0.15, 0.2) is 0 Å². The summed E-state index contributed by atoms with van der Waals surface area (Å²) >= 11 is 0. The molecule has 7 heteroatoms. The Morgan fingerprint density at radius 1 is 1.27 bits per heavy atom. The zero-order valence-electron chi connectivity index (χ0n) is 12.5. The van der Waals surface area contributed by atoms with Crippen LogP contribution in [0.5, 0.6) is 0 Å². The van der Waals surface area contributed by atoms with E-state index in [0.29, 0.717) is 5.92 Å². The average Bonchev–Trinajstić information content (AvgIpc) is 2.92. The summed E-state index contributed by atoms with van der Waals surface area (Å²) in [5.41, 5.74) is 7.99. The van der Waals surface area contributed by atoms with E-state index in [2.05, 4.69) is 27.1 Å². The van der Waals surface area contributed by atoms with Gasteiger partial charge in [0.25, 0.3) is 0 Å². The molecule has 1 atom stereocenters. The quantitative estimate of drug-likeness (QED) is 0.867. The highest BCUT2D eigenvalue weighted by Crippen LogP contribution is 2.20. The van der Waals surface area contributed by atoms with Crippen molar-refractivity contribution < 1.29 is 0 Å². The molecule has 1 aromatic carbocycles. The molecule has 22 heavy (non-hydrogen) atoms. The van der Waals surface area contributed by atoms with Gasteiger partial charge in [-0.2, -0.15) is 5.10 Å². The molecule has 0 saturated carbocycles. The summed E-state index contributed by atoms with van der Waals surface area (Å²) in [7, 11) is 0. The van der Waals surface area contributed by atoms with E-state index in [0.717, 1.165) is 25.3 Å². The summed E-state index contributed by atoms with van der Waals surface area (Å²) in [6.07, 6.45) is 5.93. The third-order valence-corrected chi connectivity index (χ3v) is 3.87. The van der Waals surface area contributed by atoms with Crippen molar-refractivity contribution in [2.24, 2.45) is 5.92 Å². The number of nitrogens with two attached hydrogens (primary N) is 1. The number of anilines is 1. The minimum absolute atomic E-state index is 0. The highest BCUT2D eigenvalue weighted by molar-refractivity contribution is 5.85. The molecule has 1 unspecified atom stereocenters. The topological polar surface area (TPSA) is 60.0 Å². The number of rotatable bonds is 4. The monoisotopic (exact) mass is 343 g/mol. The highest BCUT2D eigenvalue weighted by Gasteiger charge is 2.20. The normalized spacial score (nSPS) is 18.3.